The topological polar surface area (TPSA) is 43.2 Å². The molecule has 1 aliphatic rings. The molecular formula is C15H22N4O. The second-order valence-electron chi connectivity index (χ2n) is 5.50. The van der Waals surface area contributed by atoms with Crippen molar-refractivity contribution in [3.63, 3.8) is 0 Å². The van der Waals surface area contributed by atoms with Gasteiger partial charge in [0.05, 0.1) is 6.61 Å². The van der Waals surface area contributed by atoms with Gasteiger partial charge in [-0.15, -0.1) is 0 Å². The number of likely N-dealkylation sites (N-methyl/N-ethyl adjacent to an activating group) is 1. The van der Waals surface area contributed by atoms with Crippen molar-refractivity contribution in [2.75, 3.05) is 27.3 Å². The number of methoxy groups -OCH3 is 1. The molecule has 1 aliphatic heterocycles. The van der Waals surface area contributed by atoms with Crippen molar-refractivity contribution in [1.29, 1.82) is 0 Å². The van der Waals surface area contributed by atoms with E-state index < -0.39 is 0 Å². The highest BCUT2D eigenvalue weighted by atomic mass is 16.5. The van der Waals surface area contributed by atoms with Gasteiger partial charge in [0.15, 0.2) is 5.65 Å². The number of hydrogen-bond donors (Lipinski definition) is 0. The average Bonchev–Trinajstić information content (AvgIpc) is 3.02. The van der Waals surface area contributed by atoms with E-state index >= 15 is 0 Å². The summed E-state index contributed by atoms with van der Waals surface area (Å²) >= 11 is 0. The standard InChI is InChI=1S/C15H22N4O/c1-18-9-4-5-12(18)11-19-14(7-10-20-2)17-13-6-3-8-16-15(13)19/h3,6,8,12H,4-5,7,9-11H2,1-2H3. The molecule has 0 aliphatic carbocycles. The van der Waals surface area contributed by atoms with Gasteiger partial charge in [-0.25, -0.2) is 9.97 Å². The van der Waals surface area contributed by atoms with Gasteiger partial charge in [-0.05, 0) is 38.6 Å². The maximum atomic E-state index is 5.20. The Kier molecular flexibility index (Phi) is 3.98. The zero-order valence-electron chi connectivity index (χ0n) is 12.2. The van der Waals surface area contributed by atoms with Crippen LogP contribution in [-0.2, 0) is 17.7 Å². The molecule has 1 fully saturated rings. The van der Waals surface area contributed by atoms with E-state index in [4.69, 9.17) is 9.72 Å². The quantitative estimate of drug-likeness (QED) is 0.832. The highest BCUT2D eigenvalue weighted by Crippen LogP contribution is 2.21. The van der Waals surface area contributed by atoms with Crippen molar-refractivity contribution >= 4 is 11.2 Å². The summed E-state index contributed by atoms with van der Waals surface area (Å²) < 4.78 is 7.48. The molecule has 1 atom stereocenters. The summed E-state index contributed by atoms with van der Waals surface area (Å²) in [5, 5.41) is 0. The minimum Gasteiger partial charge on any atom is -0.384 e. The lowest BCUT2D eigenvalue weighted by atomic mass is 10.2. The first-order valence-corrected chi connectivity index (χ1v) is 7.29. The monoisotopic (exact) mass is 274 g/mol. The SMILES string of the molecule is COCCc1nc2cccnc2n1CC1CCCN1C. The van der Waals surface area contributed by atoms with Gasteiger partial charge in [0, 0.05) is 32.3 Å². The Bertz CT molecular complexity index is 580. The van der Waals surface area contributed by atoms with Crippen LogP contribution in [0.2, 0.25) is 0 Å². The third-order valence-electron chi connectivity index (χ3n) is 4.18. The molecule has 0 N–H and O–H groups in total. The van der Waals surface area contributed by atoms with Crippen molar-refractivity contribution in [2.24, 2.45) is 0 Å². The number of nitrogens with zero attached hydrogens (tertiary/aromatic N) is 4. The summed E-state index contributed by atoms with van der Waals surface area (Å²) in [6.07, 6.45) is 5.23. The Morgan fingerprint density at radius 3 is 3.10 bits per heavy atom. The van der Waals surface area contributed by atoms with Crippen molar-refractivity contribution in [2.45, 2.75) is 31.8 Å². The van der Waals surface area contributed by atoms with Gasteiger partial charge in [-0.3, -0.25) is 0 Å². The van der Waals surface area contributed by atoms with Crippen LogP contribution in [0.5, 0.6) is 0 Å². The predicted octanol–water partition coefficient (Wildman–Crippen LogP) is 1.71. The fraction of sp³-hybridized carbons (Fsp3) is 0.600. The van der Waals surface area contributed by atoms with Crippen LogP contribution >= 0.6 is 0 Å². The number of aromatic nitrogens is 3. The molecule has 0 amide bonds. The summed E-state index contributed by atoms with van der Waals surface area (Å²) in [6, 6.07) is 4.57. The number of likely N-dealkylation sites (tertiary alicyclic amines) is 1. The molecule has 20 heavy (non-hydrogen) atoms. The zero-order chi connectivity index (χ0) is 13.9. The van der Waals surface area contributed by atoms with Crippen LogP contribution in [0.25, 0.3) is 11.2 Å². The Balaban J connectivity index is 1.93. The number of fused-ring (bicyclic) bond motifs is 1. The van der Waals surface area contributed by atoms with Gasteiger partial charge in [0.1, 0.15) is 11.3 Å². The highest BCUT2D eigenvalue weighted by molar-refractivity contribution is 5.71. The molecular weight excluding hydrogens is 252 g/mol. The largest absolute Gasteiger partial charge is 0.384 e. The molecule has 3 rings (SSSR count). The molecule has 108 valence electrons. The second-order valence-corrected chi connectivity index (χ2v) is 5.50. The lowest BCUT2D eigenvalue weighted by molar-refractivity contribution is 0.198. The first-order valence-electron chi connectivity index (χ1n) is 7.29. The predicted molar refractivity (Wildman–Crippen MR) is 78.8 cm³/mol. The van der Waals surface area contributed by atoms with Crippen LogP contribution in [0.3, 0.4) is 0 Å². The van der Waals surface area contributed by atoms with Crippen LogP contribution in [-0.4, -0.2) is 52.8 Å². The van der Waals surface area contributed by atoms with Crippen molar-refractivity contribution < 1.29 is 4.74 Å². The van der Waals surface area contributed by atoms with Crippen LogP contribution in [0.4, 0.5) is 0 Å². The first kappa shape index (κ1) is 13.5. The van der Waals surface area contributed by atoms with Crippen molar-refractivity contribution in [1.82, 2.24) is 19.4 Å². The third-order valence-corrected chi connectivity index (χ3v) is 4.18. The number of rotatable bonds is 5. The maximum absolute atomic E-state index is 5.20. The van der Waals surface area contributed by atoms with E-state index in [1.807, 2.05) is 18.3 Å². The Hall–Kier alpha value is -1.46. The van der Waals surface area contributed by atoms with Crippen LogP contribution < -0.4 is 0 Å². The number of pyridine rings is 1. The molecule has 3 heterocycles. The second kappa shape index (κ2) is 5.89. The number of ether oxygens (including phenoxy) is 1. The third kappa shape index (κ3) is 2.55. The van der Waals surface area contributed by atoms with Crippen LogP contribution in [0, 0.1) is 0 Å². The van der Waals surface area contributed by atoms with Gasteiger partial charge in [-0.2, -0.15) is 0 Å². The molecule has 0 saturated carbocycles. The summed E-state index contributed by atoms with van der Waals surface area (Å²) in [6.45, 7) is 2.87. The van der Waals surface area contributed by atoms with Crippen LogP contribution in [0.1, 0.15) is 18.7 Å². The lowest BCUT2D eigenvalue weighted by Gasteiger charge is -2.21. The molecule has 0 spiro atoms. The molecule has 0 bridgehead atoms. The van der Waals surface area contributed by atoms with E-state index in [0.29, 0.717) is 12.6 Å². The average molecular weight is 274 g/mol. The summed E-state index contributed by atoms with van der Waals surface area (Å²) in [4.78, 5) is 11.7. The van der Waals surface area contributed by atoms with Gasteiger partial charge in [0.25, 0.3) is 0 Å². The van der Waals surface area contributed by atoms with E-state index in [1.54, 1.807) is 7.11 Å². The maximum Gasteiger partial charge on any atom is 0.160 e. The van der Waals surface area contributed by atoms with Crippen molar-refractivity contribution in [3.05, 3.63) is 24.2 Å². The molecule has 1 unspecified atom stereocenters. The minimum absolute atomic E-state index is 0.593. The molecule has 0 aromatic carbocycles. The van der Waals surface area contributed by atoms with Gasteiger partial charge in [-0.1, -0.05) is 0 Å². The molecule has 1 saturated heterocycles. The molecule has 2 aromatic rings. The molecule has 5 heteroatoms. The summed E-state index contributed by atoms with van der Waals surface area (Å²) in [5.74, 6) is 1.08. The van der Waals surface area contributed by atoms with E-state index in [0.717, 1.165) is 30.0 Å². The lowest BCUT2D eigenvalue weighted by Crippen LogP contribution is -2.30. The number of hydrogen-bond acceptors (Lipinski definition) is 4. The zero-order valence-corrected chi connectivity index (χ0v) is 12.2. The van der Waals surface area contributed by atoms with Gasteiger partial charge in [0.2, 0.25) is 0 Å². The Morgan fingerprint density at radius 2 is 2.35 bits per heavy atom. The molecule has 0 radical (unpaired) electrons. The Labute approximate surface area is 119 Å². The number of imidazole rings is 1. The smallest absolute Gasteiger partial charge is 0.160 e. The van der Waals surface area contributed by atoms with E-state index in [2.05, 4.69) is 21.5 Å². The molecule has 2 aromatic heterocycles. The van der Waals surface area contributed by atoms with E-state index in [-0.39, 0.29) is 0 Å². The Morgan fingerprint density at radius 1 is 1.45 bits per heavy atom. The summed E-state index contributed by atoms with van der Waals surface area (Å²) in [5.41, 5.74) is 1.98. The van der Waals surface area contributed by atoms with E-state index in [9.17, 15) is 0 Å². The highest BCUT2D eigenvalue weighted by Gasteiger charge is 2.23. The fourth-order valence-corrected chi connectivity index (χ4v) is 3.00. The fourth-order valence-electron chi connectivity index (χ4n) is 3.00. The van der Waals surface area contributed by atoms with Crippen LogP contribution in [0.15, 0.2) is 18.3 Å². The normalized spacial score (nSPS) is 20.0. The van der Waals surface area contributed by atoms with Gasteiger partial charge >= 0.3 is 0 Å². The van der Waals surface area contributed by atoms with Crippen molar-refractivity contribution in [3.8, 4) is 0 Å². The first-order chi connectivity index (χ1) is 9.79. The summed E-state index contributed by atoms with van der Waals surface area (Å²) in [7, 11) is 3.94. The minimum atomic E-state index is 0.593. The van der Waals surface area contributed by atoms with Gasteiger partial charge < -0.3 is 14.2 Å². The van der Waals surface area contributed by atoms with E-state index in [1.165, 1.54) is 19.4 Å². The molecule has 5 nitrogen and oxygen atoms in total.